The number of benzene rings is 1. The average molecular weight is 442 g/mol. The standard InChI is InChI=1S/C22H26N4O6/c27-19-13-17(23-5-9-31-10-6-23)21(29)25(19)15-1-2-16(4-3-15)26-20(28)14-18(22(26)30)24-7-11-32-12-8-24/h1-4,17-18H,5-14H2/t17-,18-/m0/s1. The van der Waals surface area contributed by atoms with Crippen LogP contribution in [0.25, 0.3) is 0 Å². The van der Waals surface area contributed by atoms with Crippen LogP contribution in [0.3, 0.4) is 0 Å². The summed E-state index contributed by atoms with van der Waals surface area (Å²) >= 11 is 0. The average Bonchev–Trinajstić information content (AvgIpc) is 3.29. The molecule has 4 aliphatic heterocycles. The molecule has 0 unspecified atom stereocenters. The zero-order valence-corrected chi connectivity index (χ0v) is 17.8. The van der Waals surface area contributed by atoms with Gasteiger partial charge in [-0.15, -0.1) is 0 Å². The fraction of sp³-hybridized carbons (Fsp3) is 0.545. The van der Waals surface area contributed by atoms with E-state index in [4.69, 9.17) is 9.47 Å². The molecule has 0 radical (unpaired) electrons. The van der Waals surface area contributed by atoms with Gasteiger partial charge in [0.25, 0.3) is 11.8 Å². The molecule has 4 heterocycles. The fourth-order valence-corrected chi connectivity index (χ4v) is 4.87. The van der Waals surface area contributed by atoms with E-state index in [-0.39, 0.29) is 36.5 Å². The predicted octanol–water partition coefficient (Wildman–Crippen LogP) is -0.385. The van der Waals surface area contributed by atoms with Gasteiger partial charge in [-0.3, -0.25) is 29.0 Å². The lowest BCUT2D eigenvalue weighted by molar-refractivity contribution is -0.125. The van der Waals surface area contributed by atoms with Crippen molar-refractivity contribution in [3.05, 3.63) is 24.3 Å². The fourth-order valence-electron chi connectivity index (χ4n) is 4.87. The lowest BCUT2D eigenvalue weighted by Gasteiger charge is -2.30. The number of amides is 4. The summed E-state index contributed by atoms with van der Waals surface area (Å²) < 4.78 is 10.7. The molecule has 32 heavy (non-hydrogen) atoms. The van der Waals surface area contributed by atoms with Crippen LogP contribution in [-0.4, -0.2) is 98.1 Å². The summed E-state index contributed by atoms with van der Waals surface area (Å²) in [7, 11) is 0. The Kier molecular flexibility index (Phi) is 5.76. The van der Waals surface area contributed by atoms with Crippen molar-refractivity contribution >= 4 is 35.0 Å². The minimum atomic E-state index is -0.470. The molecule has 4 aliphatic rings. The van der Waals surface area contributed by atoms with Gasteiger partial charge in [-0.05, 0) is 24.3 Å². The zero-order valence-electron chi connectivity index (χ0n) is 17.8. The third-order valence-corrected chi connectivity index (χ3v) is 6.58. The van der Waals surface area contributed by atoms with E-state index < -0.39 is 12.1 Å². The van der Waals surface area contributed by atoms with E-state index in [1.807, 2.05) is 9.80 Å². The molecule has 10 heteroatoms. The second kappa shape index (κ2) is 8.70. The molecule has 0 aromatic heterocycles. The van der Waals surface area contributed by atoms with Crippen molar-refractivity contribution in [1.29, 1.82) is 0 Å². The maximum absolute atomic E-state index is 13.0. The first-order valence-corrected chi connectivity index (χ1v) is 11.0. The lowest BCUT2D eigenvalue weighted by atomic mass is 10.2. The van der Waals surface area contributed by atoms with Crippen molar-refractivity contribution in [3.63, 3.8) is 0 Å². The molecule has 2 atom stereocenters. The van der Waals surface area contributed by atoms with Crippen molar-refractivity contribution in [2.45, 2.75) is 24.9 Å². The Labute approximate surface area is 185 Å². The van der Waals surface area contributed by atoms with Gasteiger partial charge in [-0.2, -0.15) is 0 Å². The quantitative estimate of drug-likeness (QED) is 0.582. The van der Waals surface area contributed by atoms with Crippen molar-refractivity contribution in [2.75, 3.05) is 62.4 Å². The highest BCUT2D eigenvalue weighted by Crippen LogP contribution is 2.31. The van der Waals surface area contributed by atoms with E-state index in [9.17, 15) is 19.2 Å². The Balaban J connectivity index is 1.31. The molecule has 4 fully saturated rings. The Morgan fingerprint density at radius 3 is 1.28 bits per heavy atom. The normalized spacial score (nSPS) is 28.2. The van der Waals surface area contributed by atoms with E-state index in [0.717, 1.165) is 0 Å². The van der Waals surface area contributed by atoms with Crippen LogP contribution in [0.4, 0.5) is 11.4 Å². The number of nitrogens with zero attached hydrogens (tertiary/aromatic N) is 4. The van der Waals surface area contributed by atoms with E-state index in [1.54, 1.807) is 24.3 Å². The van der Waals surface area contributed by atoms with E-state index in [2.05, 4.69) is 0 Å². The molecule has 4 saturated heterocycles. The molecule has 0 spiro atoms. The van der Waals surface area contributed by atoms with Crippen LogP contribution in [0, 0.1) is 0 Å². The van der Waals surface area contributed by atoms with Gasteiger partial charge in [-0.25, -0.2) is 9.80 Å². The summed E-state index contributed by atoms with van der Waals surface area (Å²) in [5.41, 5.74) is 0.895. The highest BCUT2D eigenvalue weighted by molar-refractivity contribution is 6.24. The Hall–Kier alpha value is -2.66. The minimum Gasteiger partial charge on any atom is -0.379 e. The Bertz CT molecular complexity index is 848. The third-order valence-electron chi connectivity index (χ3n) is 6.58. The van der Waals surface area contributed by atoms with Crippen LogP contribution in [0.5, 0.6) is 0 Å². The third kappa shape index (κ3) is 3.73. The number of hydrogen-bond donors (Lipinski definition) is 0. The summed E-state index contributed by atoms with van der Waals surface area (Å²) in [6.45, 7) is 4.71. The van der Waals surface area contributed by atoms with Gasteiger partial charge in [0, 0.05) is 26.2 Å². The van der Waals surface area contributed by atoms with Gasteiger partial charge >= 0.3 is 0 Å². The van der Waals surface area contributed by atoms with Gasteiger partial charge in [0.1, 0.15) is 0 Å². The van der Waals surface area contributed by atoms with Crippen LogP contribution in [-0.2, 0) is 28.7 Å². The van der Waals surface area contributed by atoms with E-state index >= 15 is 0 Å². The Morgan fingerprint density at radius 1 is 0.594 bits per heavy atom. The molecule has 170 valence electrons. The maximum atomic E-state index is 13.0. The summed E-state index contributed by atoms with van der Waals surface area (Å²) in [5.74, 6) is -0.990. The van der Waals surface area contributed by atoms with Crippen LogP contribution < -0.4 is 9.80 Å². The summed E-state index contributed by atoms with van der Waals surface area (Å²) in [6.07, 6.45) is 0.288. The van der Waals surface area contributed by atoms with Crippen LogP contribution in [0.15, 0.2) is 24.3 Å². The number of imide groups is 2. The van der Waals surface area contributed by atoms with Crippen LogP contribution >= 0.6 is 0 Å². The molecular weight excluding hydrogens is 416 g/mol. The van der Waals surface area contributed by atoms with Crippen LogP contribution in [0.1, 0.15) is 12.8 Å². The van der Waals surface area contributed by atoms with Gasteiger partial charge in [-0.1, -0.05) is 0 Å². The van der Waals surface area contributed by atoms with Crippen molar-refractivity contribution < 1.29 is 28.7 Å². The molecule has 0 saturated carbocycles. The van der Waals surface area contributed by atoms with Gasteiger partial charge < -0.3 is 9.47 Å². The lowest BCUT2D eigenvalue weighted by Crippen LogP contribution is -2.47. The van der Waals surface area contributed by atoms with Crippen LogP contribution in [0.2, 0.25) is 0 Å². The molecule has 10 nitrogen and oxygen atoms in total. The highest BCUT2D eigenvalue weighted by atomic mass is 16.5. The monoisotopic (exact) mass is 442 g/mol. The topological polar surface area (TPSA) is 99.7 Å². The number of carbonyl (C=O) groups is 4. The molecular formula is C22H26N4O6. The first-order chi connectivity index (χ1) is 15.5. The molecule has 0 N–H and O–H groups in total. The summed E-state index contributed by atoms with van der Waals surface area (Å²) in [5, 5.41) is 0. The summed E-state index contributed by atoms with van der Waals surface area (Å²) in [4.78, 5) is 57.6. The number of ether oxygens (including phenoxy) is 2. The second-order valence-electron chi connectivity index (χ2n) is 8.39. The van der Waals surface area contributed by atoms with Crippen molar-refractivity contribution in [1.82, 2.24) is 9.80 Å². The molecule has 0 aliphatic carbocycles. The van der Waals surface area contributed by atoms with Crippen molar-refractivity contribution in [3.8, 4) is 0 Å². The Morgan fingerprint density at radius 2 is 0.938 bits per heavy atom. The van der Waals surface area contributed by atoms with E-state index in [0.29, 0.717) is 64.0 Å². The maximum Gasteiger partial charge on any atom is 0.251 e. The first-order valence-electron chi connectivity index (χ1n) is 11.0. The zero-order chi connectivity index (χ0) is 22.2. The predicted molar refractivity (Wildman–Crippen MR) is 113 cm³/mol. The SMILES string of the molecule is O=C1C[C@H](N2CCOCC2)C(=O)N1c1ccc(N2C(=O)C[C@H](N3CCOCC3)C2=O)cc1. The molecule has 1 aromatic rings. The number of hydrogen-bond acceptors (Lipinski definition) is 8. The number of morpholine rings is 2. The largest absolute Gasteiger partial charge is 0.379 e. The minimum absolute atomic E-state index is 0.144. The number of anilines is 2. The molecule has 5 rings (SSSR count). The van der Waals surface area contributed by atoms with Gasteiger partial charge in [0.2, 0.25) is 11.8 Å². The molecule has 1 aromatic carbocycles. The second-order valence-corrected chi connectivity index (χ2v) is 8.39. The molecule has 0 bridgehead atoms. The smallest absolute Gasteiger partial charge is 0.251 e. The molecule has 4 amide bonds. The van der Waals surface area contributed by atoms with Gasteiger partial charge in [0.05, 0.1) is 62.7 Å². The highest BCUT2D eigenvalue weighted by Gasteiger charge is 2.44. The van der Waals surface area contributed by atoms with Gasteiger partial charge in [0.15, 0.2) is 0 Å². The van der Waals surface area contributed by atoms with Crippen molar-refractivity contribution in [2.24, 2.45) is 0 Å². The number of carbonyl (C=O) groups excluding carboxylic acids is 4. The number of rotatable bonds is 4. The first kappa shape index (κ1) is 21.2. The van der Waals surface area contributed by atoms with E-state index in [1.165, 1.54) is 9.80 Å². The summed E-state index contributed by atoms with van der Waals surface area (Å²) in [6, 6.07) is 5.54.